The number of nitrogens with two attached hydrogens (primary N) is 1. The summed E-state index contributed by atoms with van der Waals surface area (Å²) in [7, 11) is 1.51. The van der Waals surface area contributed by atoms with Crippen LogP contribution in [0.2, 0.25) is 0 Å². The molecule has 0 fully saturated rings. The molecule has 27 heavy (non-hydrogen) atoms. The van der Waals surface area contributed by atoms with Crippen LogP contribution in [0.1, 0.15) is 29.3 Å². The summed E-state index contributed by atoms with van der Waals surface area (Å²) in [5, 5.41) is 2.78. The van der Waals surface area contributed by atoms with Crippen molar-refractivity contribution in [2.45, 2.75) is 19.8 Å². The minimum atomic E-state index is -0.464. The number of carbonyl (C=O) groups is 3. The Morgan fingerprint density at radius 1 is 1.07 bits per heavy atom. The Labute approximate surface area is 157 Å². The Kier molecular flexibility index (Phi) is 6.93. The highest BCUT2D eigenvalue weighted by Crippen LogP contribution is 2.25. The van der Waals surface area contributed by atoms with Crippen molar-refractivity contribution in [1.82, 2.24) is 0 Å². The molecule has 0 radical (unpaired) electrons. The van der Waals surface area contributed by atoms with Gasteiger partial charge in [0, 0.05) is 11.1 Å². The van der Waals surface area contributed by atoms with Crippen LogP contribution in [-0.2, 0) is 16.0 Å². The Morgan fingerprint density at radius 2 is 1.81 bits per heavy atom. The number of methoxy groups -OCH3 is 1. The fourth-order valence-electron chi connectivity index (χ4n) is 2.46. The third kappa shape index (κ3) is 5.85. The average Bonchev–Trinajstić information content (AvgIpc) is 2.62. The number of ketones is 1. The Bertz CT molecular complexity index is 848. The van der Waals surface area contributed by atoms with Gasteiger partial charge in [-0.05, 0) is 37.3 Å². The summed E-state index contributed by atoms with van der Waals surface area (Å²) in [6, 6.07) is 11.9. The third-order valence-electron chi connectivity index (χ3n) is 3.81. The maximum Gasteiger partial charge on any atom is 0.229 e. The number of ether oxygens (including phenoxy) is 2. The van der Waals surface area contributed by atoms with Crippen molar-refractivity contribution >= 4 is 23.3 Å². The number of hydrogen-bond acceptors (Lipinski definition) is 5. The van der Waals surface area contributed by atoms with E-state index < -0.39 is 5.91 Å². The van der Waals surface area contributed by atoms with Crippen LogP contribution in [0, 0.1) is 0 Å². The summed E-state index contributed by atoms with van der Waals surface area (Å²) in [6.45, 7) is 1.59. The van der Waals surface area contributed by atoms with Gasteiger partial charge < -0.3 is 20.5 Å². The minimum absolute atomic E-state index is 0.0277. The molecule has 2 rings (SSSR count). The number of anilines is 1. The highest BCUT2D eigenvalue weighted by molar-refractivity contribution is 5.96. The molecule has 7 heteroatoms. The lowest BCUT2D eigenvalue weighted by Gasteiger charge is -2.13. The quantitative estimate of drug-likeness (QED) is 0.659. The van der Waals surface area contributed by atoms with E-state index in [0.717, 1.165) is 0 Å². The molecule has 0 atom stereocenters. The van der Waals surface area contributed by atoms with Gasteiger partial charge in [0.05, 0.1) is 32.2 Å². The normalized spacial score (nSPS) is 10.1. The largest absolute Gasteiger partial charge is 0.496 e. The maximum atomic E-state index is 12.5. The summed E-state index contributed by atoms with van der Waals surface area (Å²) in [4.78, 5) is 34.9. The molecule has 0 saturated heterocycles. The molecule has 0 bridgehead atoms. The molecule has 7 nitrogen and oxygen atoms in total. The van der Waals surface area contributed by atoms with Gasteiger partial charge in [0.2, 0.25) is 11.8 Å². The molecule has 142 valence electrons. The van der Waals surface area contributed by atoms with Crippen LogP contribution in [-0.4, -0.2) is 31.3 Å². The summed E-state index contributed by atoms with van der Waals surface area (Å²) in [5.74, 6) is 0.124. The van der Waals surface area contributed by atoms with Crippen LogP contribution in [0.25, 0.3) is 0 Å². The molecule has 0 unspecified atom stereocenters. The zero-order chi connectivity index (χ0) is 19.8. The molecular weight excluding hydrogens is 348 g/mol. The zero-order valence-corrected chi connectivity index (χ0v) is 15.3. The summed E-state index contributed by atoms with van der Waals surface area (Å²) in [5.41, 5.74) is 6.69. The molecule has 0 aliphatic heterocycles. The second-order valence-electron chi connectivity index (χ2n) is 5.87. The first-order valence-electron chi connectivity index (χ1n) is 8.38. The number of hydrogen-bond donors (Lipinski definition) is 2. The number of primary amides is 1. The van der Waals surface area contributed by atoms with Crippen molar-refractivity contribution in [2.24, 2.45) is 5.73 Å². The Hall–Kier alpha value is -3.35. The van der Waals surface area contributed by atoms with Crippen molar-refractivity contribution < 1.29 is 23.9 Å². The smallest absolute Gasteiger partial charge is 0.229 e. The first-order chi connectivity index (χ1) is 12.9. The SMILES string of the molecule is COc1ccc(C(C)=O)cc1CC(=O)Nc1ccccc1OCCC(N)=O. The number of Topliss-reactive ketones (excluding diaryl/α,β-unsaturated/α-hetero) is 1. The summed E-state index contributed by atoms with van der Waals surface area (Å²) in [6.07, 6.45) is 0.108. The van der Waals surface area contributed by atoms with Crippen molar-refractivity contribution in [3.8, 4) is 11.5 Å². The molecule has 0 aliphatic carbocycles. The van der Waals surface area contributed by atoms with E-state index in [1.807, 2.05) is 0 Å². The molecule has 0 aromatic heterocycles. The van der Waals surface area contributed by atoms with E-state index in [2.05, 4.69) is 5.32 Å². The molecule has 0 spiro atoms. The highest BCUT2D eigenvalue weighted by Gasteiger charge is 2.13. The van der Waals surface area contributed by atoms with Gasteiger partial charge in [-0.3, -0.25) is 14.4 Å². The van der Waals surface area contributed by atoms with Gasteiger partial charge in [-0.1, -0.05) is 12.1 Å². The van der Waals surface area contributed by atoms with Gasteiger partial charge in [-0.2, -0.15) is 0 Å². The number of nitrogens with one attached hydrogen (secondary N) is 1. The number of para-hydroxylation sites is 2. The van der Waals surface area contributed by atoms with Crippen LogP contribution in [0.5, 0.6) is 11.5 Å². The summed E-state index contributed by atoms with van der Waals surface area (Å²) < 4.78 is 10.8. The minimum Gasteiger partial charge on any atom is -0.496 e. The predicted molar refractivity (Wildman–Crippen MR) is 101 cm³/mol. The number of benzene rings is 2. The molecule has 2 aromatic rings. The van der Waals surface area contributed by atoms with Gasteiger partial charge in [0.25, 0.3) is 0 Å². The lowest BCUT2D eigenvalue weighted by molar-refractivity contribution is -0.118. The fraction of sp³-hybridized carbons (Fsp3) is 0.250. The fourth-order valence-corrected chi connectivity index (χ4v) is 2.46. The van der Waals surface area contributed by atoms with Crippen LogP contribution in [0.15, 0.2) is 42.5 Å². The molecule has 0 aliphatic rings. The first-order valence-corrected chi connectivity index (χ1v) is 8.38. The Morgan fingerprint density at radius 3 is 2.48 bits per heavy atom. The van der Waals surface area contributed by atoms with E-state index in [1.54, 1.807) is 42.5 Å². The molecule has 2 aromatic carbocycles. The van der Waals surface area contributed by atoms with E-state index >= 15 is 0 Å². The van der Waals surface area contributed by atoms with Gasteiger partial charge in [-0.25, -0.2) is 0 Å². The molecule has 2 amide bonds. The van der Waals surface area contributed by atoms with E-state index in [4.69, 9.17) is 15.2 Å². The lowest BCUT2D eigenvalue weighted by Crippen LogP contribution is -2.17. The van der Waals surface area contributed by atoms with Gasteiger partial charge in [0.1, 0.15) is 11.5 Å². The summed E-state index contributed by atoms with van der Waals surface area (Å²) >= 11 is 0. The van der Waals surface area contributed by atoms with Gasteiger partial charge in [-0.15, -0.1) is 0 Å². The second-order valence-corrected chi connectivity index (χ2v) is 5.87. The number of amides is 2. The van der Waals surface area contributed by atoms with Crippen molar-refractivity contribution in [3.63, 3.8) is 0 Å². The molecule has 0 heterocycles. The van der Waals surface area contributed by atoms with E-state index in [0.29, 0.717) is 28.3 Å². The van der Waals surface area contributed by atoms with E-state index in [9.17, 15) is 14.4 Å². The number of rotatable bonds is 9. The van der Waals surface area contributed by atoms with Crippen LogP contribution in [0.3, 0.4) is 0 Å². The third-order valence-corrected chi connectivity index (χ3v) is 3.81. The predicted octanol–water partition coefficient (Wildman–Crippen LogP) is 2.33. The van der Waals surface area contributed by atoms with Crippen LogP contribution in [0.4, 0.5) is 5.69 Å². The monoisotopic (exact) mass is 370 g/mol. The van der Waals surface area contributed by atoms with Crippen LogP contribution >= 0.6 is 0 Å². The van der Waals surface area contributed by atoms with Gasteiger partial charge in [0.15, 0.2) is 5.78 Å². The van der Waals surface area contributed by atoms with Crippen molar-refractivity contribution in [3.05, 3.63) is 53.6 Å². The molecule has 3 N–H and O–H groups in total. The lowest BCUT2D eigenvalue weighted by atomic mass is 10.0. The Balaban J connectivity index is 2.11. The standard InChI is InChI=1S/C20H22N2O5/c1-13(23)14-7-8-17(26-2)15(11-14)12-20(25)22-16-5-3-4-6-18(16)27-10-9-19(21)24/h3-8,11H,9-10,12H2,1-2H3,(H2,21,24)(H,22,25). The van der Waals surface area contributed by atoms with E-state index in [1.165, 1.54) is 14.0 Å². The first kappa shape index (κ1) is 20.0. The zero-order valence-electron chi connectivity index (χ0n) is 15.3. The van der Waals surface area contributed by atoms with Crippen molar-refractivity contribution in [1.29, 1.82) is 0 Å². The van der Waals surface area contributed by atoms with E-state index in [-0.39, 0.29) is 31.1 Å². The number of carbonyl (C=O) groups excluding carboxylic acids is 3. The van der Waals surface area contributed by atoms with Crippen LogP contribution < -0.4 is 20.5 Å². The van der Waals surface area contributed by atoms with Gasteiger partial charge >= 0.3 is 0 Å². The highest BCUT2D eigenvalue weighted by atomic mass is 16.5. The average molecular weight is 370 g/mol. The van der Waals surface area contributed by atoms with Crippen molar-refractivity contribution in [2.75, 3.05) is 19.0 Å². The molecule has 0 saturated carbocycles. The molecular formula is C20H22N2O5. The maximum absolute atomic E-state index is 12.5. The topological polar surface area (TPSA) is 108 Å². The second kappa shape index (κ2) is 9.38.